The first kappa shape index (κ1) is 46.4. The number of rotatable bonds is 2. The lowest BCUT2D eigenvalue weighted by Crippen LogP contribution is -2.44. The normalized spacial score (nSPS) is 15.8. The van der Waals surface area contributed by atoms with Crippen molar-refractivity contribution in [1.29, 1.82) is 0 Å². The third kappa shape index (κ3) is 8.31. The third-order valence-electron chi connectivity index (χ3n) is 13.9. The van der Waals surface area contributed by atoms with E-state index in [1.165, 1.54) is 24.3 Å². The molecule has 71 heavy (non-hydrogen) atoms. The highest BCUT2D eigenvalue weighted by Gasteiger charge is 2.45. The zero-order chi connectivity index (χ0) is 49.8. The fourth-order valence-corrected chi connectivity index (χ4v) is 10.9. The van der Waals surface area contributed by atoms with Crippen molar-refractivity contribution in [2.24, 2.45) is 0 Å². The van der Waals surface area contributed by atoms with E-state index in [2.05, 4.69) is 0 Å². The molecule has 0 bridgehead atoms. The van der Waals surface area contributed by atoms with Gasteiger partial charge in [-0.15, -0.1) is 0 Å². The number of hydrogen-bond acceptors (Lipinski definition) is 2. The van der Waals surface area contributed by atoms with Crippen molar-refractivity contribution in [1.82, 2.24) is 0 Å². The Morgan fingerprint density at radius 1 is 0.366 bits per heavy atom. The van der Waals surface area contributed by atoms with Gasteiger partial charge < -0.3 is 14.0 Å². The largest absolute Gasteiger partial charge is 0.493 e. The van der Waals surface area contributed by atoms with Gasteiger partial charge in [-0.1, -0.05) is 84.9 Å². The number of halogens is 12. The zero-order valence-corrected chi connectivity index (χ0v) is 37.2. The summed E-state index contributed by atoms with van der Waals surface area (Å²) in [4.78, 5) is 0. The quantitative estimate of drug-likeness (QED) is 0.127. The summed E-state index contributed by atoms with van der Waals surface area (Å²) in [6.45, 7) is 0.271. The van der Waals surface area contributed by atoms with Crippen molar-refractivity contribution < 1.29 is 66.6 Å². The summed E-state index contributed by atoms with van der Waals surface area (Å²) in [5.74, 6) is 0.314. The average Bonchev–Trinajstić information content (AvgIpc) is 3.56. The van der Waals surface area contributed by atoms with E-state index in [4.69, 9.17) is 9.47 Å². The molecule has 0 atom stereocenters. The Hall–Kier alpha value is -7.00. The summed E-state index contributed by atoms with van der Waals surface area (Å²) in [6, 6.07) is 31.8. The molecular weight excluding hydrogens is 947 g/mol. The molecule has 0 saturated heterocycles. The maximum Gasteiger partial charge on any atom is 0.416 e. The highest BCUT2D eigenvalue weighted by atomic mass is 19.4. The van der Waals surface area contributed by atoms with Crippen LogP contribution in [0, 0.1) is 0 Å². The second kappa shape index (κ2) is 16.5. The topological polar surface area (TPSA) is 18.5 Å². The van der Waals surface area contributed by atoms with Gasteiger partial charge in [0, 0.05) is 33.4 Å². The van der Waals surface area contributed by atoms with Crippen LogP contribution in [-0.2, 0) is 50.9 Å². The molecule has 11 rings (SSSR count). The van der Waals surface area contributed by atoms with Crippen LogP contribution in [0.1, 0.15) is 57.3 Å². The molecule has 8 aromatic carbocycles. The van der Waals surface area contributed by atoms with Crippen LogP contribution in [0.4, 0.5) is 52.7 Å². The summed E-state index contributed by atoms with van der Waals surface area (Å²) in [5, 5.41) is 3.63. The number of nitrogens with zero attached hydrogens (tertiary/aromatic N) is 1. The van der Waals surface area contributed by atoms with E-state index < -0.39 is 58.1 Å². The lowest BCUT2D eigenvalue weighted by Gasteiger charge is -2.39. The highest BCUT2D eigenvalue weighted by Crippen LogP contribution is 2.55. The molecular formula is C56H38F12NO2+. The third-order valence-corrected chi connectivity index (χ3v) is 13.9. The number of alkyl halides is 12. The molecule has 0 saturated carbocycles. The molecule has 15 heteroatoms. The zero-order valence-electron chi connectivity index (χ0n) is 37.2. The maximum absolute atomic E-state index is 14.7. The van der Waals surface area contributed by atoms with Gasteiger partial charge in [0.1, 0.15) is 37.7 Å². The summed E-state index contributed by atoms with van der Waals surface area (Å²) in [5.41, 5.74) is -2.75. The van der Waals surface area contributed by atoms with Gasteiger partial charge >= 0.3 is 24.7 Å². The van der Waals surface area contributed by atoms with Crippen LogP contribution < -0.4 is 9.47 Å². The number of benzene rings is 8. The molecule has 0 unspecified atom stereocenters. The molecule has 0 fully saturated rings. The first-order valence-electron chi connectivity index (χ1n) is 22.7. The Labute approximate surface area is 398 Å². The summed E-state index contributed by atoms with van der Waals surface area (Å²) < 4.78 is 189. The first-order chi connectivity index (χ1) is 33.6. The van der Waals surface area contributed by atoms with Crippen molar-refractivity contribution in [2.75, 3.05) is 13.2 Å². The summed E-state index contributed by atoms with van der Waals surface area (Å²) in [6.07, 6.45) is -19.9. The van der Waals surface area contributed by atoms with Crippen molar-refractivity contribution in [3.63, 3.8) is 0 Å². The van der Waals surface area contributed by atoms with E-state index in [0.717, 1.165) is 43.8 Å². The lowest BCUT2D eigenvalue weighted by molar-refractivity contribution is -0.977. The molecule has 0 amide bonds. The fourth-order valence-electron chi connectivity index (χ4n) is 10.9. The van der Waals surface area contributed by atoms with Crippen LogP contribution in [-0.4, -0.2) is 17.7 Å². The standard InChI is InChI=1S/C56H38F12NO2/c57-53(58,59)37-21-35(22-38(25-37)54(60,61)62)41-15-17-47-51-45(41)29-69(27-33-13-11-31-7-1-3-9-43(31)49(33)50-34(28-69)14-12-32-8-2-4-10-44(32)50)30-46-42(16-18-48(52(46)51)71-20-6-5-19-70-47)36-23-39(55(63,64)65)26-40(24-36)56(66,67)68/h1-4,7-18,21-26H,5-6,19-20,27-30H2/q+1. The van der Waals surface area contributed by atoms with Gasteiger partial charge in [0.05, 0.1) is 35.5 Å². The van der Waals surface area contributed by atoms with Crippen molar-refractivity contribution in [2.45, 2.75) is 63.7 Å². The van der Waals surface area contributed by atoms with Crippen LogP contribution in [0.25, 0.3) is 66.1 Å². The average molecular weight is 985 g/mol. The van der Waals surface area contributed by atoms with Crippen LogP contribution in [0.3, 0.4) is 0 Å². The Kier molecular flexibility index (Phi) is 10.8. The maximum atomic E-state index is 14.7. The van der Waals surface area contributed by atoms with Gasteiger partial charge in [-0.05, 0) is 116 Å². The summed E-state index contributed by atoms with van der Waals surface area (Å²) in [7, 11) is 0. The van der Waals surface area contributed by atoms with Crippen molar-refractivity contribution in [3.8, 4) is 56.0 Å². The van der Waals surface area contributed by atoms with Gasteiger partial charge in [0.2, 0.25) is 0 Å². The van der Waals surface area contributed by atoms with Gasteiger partial charge in [-0.25, -0.2) is 0 Å². The van der Waals surface area contributed by atoms with E-state index in [9.17, 15) is 52.7 Å². The van der Waals surface area contributed by atoms with E-state index in [0.29, 0.717) is 37.1 Å². The number of ether oxygens (including phenoxy) is 2. The predicted molar refractivity (Wildman–Crippen MR) is 245 cm³/mol. The number of hydrogen-bond donors (Lipinski definition) is 0. The molecule has 0 N–H and O–H groups in total. The fraction of sp³-hybridized carbons (Fsp3) is 0.214. The highest BCUT2D eigenvalue weighted by molar-refractivity contribution is 6.08. The van der Waals surface area contributed by atoms with Crippen molar-refractivity contribution in [3.05, 3.63) is 178 Å². The molecule has 3 aliphatic heterocycles. The van der Waals surface area contributed by atoms with Gasteiger partial charge in [-0.2, -0.15) is 52.7 Å². The molecule has 3 heterocycles. The Morgan fingerprint density at radius 3 is 1.10 bits per heavy atom. The van der Waals surface area contributed by atoms with E-state index >= 15 is 0 Å². The predicted octanol–water partition coefficient (Wildman–Crippen LogP) is 16.8. The number of quaternary nitrogens is 1. The number of fused-ring (bicyclic) bond motifs is 7. The minimum Gasteiger partial charge on any atom is -0.493 e. The molecule has 0 aromatic heterocycles. The monoisotopic (exact) mass is 984 g/mol. The van der Waals surface area contributed by atoms with Gasteiger partial charge in [-0.3, -0.25) is 0 Å². The second-order valence-corrected chi connectivity index (χ2v) is 18.5. The van der Waals surface area contributed by atoms with E-state index in [1.807, 2.05) is 72.8 Å². The minimum absolute atomic E-state index is 0.0112. The molecule has 1 spiro atoms. The molecule has 0 radical (unpaired) electrons. The summed E-state index contributed by atoms with van der Waals surface area (Å²) >= 11 is 0. The van der Waals surface area contributed by atoms with Crippen molar-refractivity contribution >= 4 is 21.5 Å². The molecule has 362 valence electrons. The smallest absolute Gasteiger partial charge is 0.416 e. The van der Waals surface area contributed by atoms with E-state index in [-0.39, 0.29) is 101 Å². The molecule has 8 aromatic rings. The second-order valence-electron chi connectivity index (χ2n) is 18.5. The SMILES string of the molecule is FC(F)(F)c1cc(-c2ccc3c4c2C[N+]2(Cc5ccc6ccccc6c5-c5c(ccc6ccccc56)C2)Cc2c(-c5cc(C(F)(F)F)cc(C(F)(F)F)c5)ccc(c2-4)OCCCCO3)cc(C(F)(F)F)c1. The van der Waals surface area contributed by atoms with Crippen LogP contribution in [0.5, 0.6) is 11.5 Å². The Balaban J connectivity index is 1.29. The van der Waals surface area contributed by atoms with Crippen LogP contribution in [0.2, 0.25) is 0 Å². The minimum atomic E-state index is -5.20. The van der Waals surface area contributed by atoms with Crippen LogP contribution >= 0.6 is 0 Å². The first-order valence-corrected chi connectivity index (χ1v) is 22.7. The van der Waals surface area contributed by atoms with Gasteiger partial charge in [0.25, 0.3) is 0 Å². The van der Waals surface area contributed by atoms with Crippen LogP contribution in [0.15, 0.2) is 133 Å². The molecule has 0 aliphatic carbocycles. The molecule has 3 aliphatic rings. The Bertz CT molecular complexity index is 3170. The molecule has 3 nitrogen and oxygen atoms in total. The Morgan fingerprint density at radius 2 is 0.732 bits per heavy atom. The van der Waals surface area contributed by atoms with Gasteiger partial charge in [0.15, 0.2) is 0 Å². The van der Waals surface area contributed by atoms with E-state index in [1.54, 1.807) is 0 Å². The lowest BCUT2D eigenvalue weighted by atomic mass is 9.85.